The summed E-state index contributed by atoms with van der Waals surface area (Å²) in [7, 11) is 0. The highest BCUT2D eigenvalue weighted by molar-refractivity contribution is 5.94. The largest absolute Gasteiger partial charge is 0.387 e. The first kappa shape index (κ1) is 16.8. The van der Waals surface area contributed by atoms with Crippen molar-refractivity contribution in [1.29, 1.82) is 0 Å². The summed E-state index contributed by atoms with van der Waals surface area (Å²) >= 11 is 0. The van der Waals surface area contributed by atoms with Crippen LogP contribution in [0, 0.1) is 6.92 Å². The van der Waals surface area contributed by atoms with Crippen molar-refractivity contribution in [3.63, 3.8) is 0 Å². The number of likely N-dealkylation sites (tertiary alicyclic amines) is 1. The van der Waals surface area contributed by atoms with Gasteiger partial charge in [-0.3, -0.25) is 4.79 Å². The highest BCUT2D eigenvalue weighted by Crippen LogP contribution is 2.34. The molecule has 4 rings (SSSR count). The van der Waals surface area contributed by atoms with Crippen LogP contribution < -0.4 is 0 Å². The van der Waals surface area contributed by atoms with Crippen LogP contribution in [-0.2, 0) is 11.3 Å². The number of hydrogen-bond acceptors (Lipinski definition) is 3. The van der Waals surface area contributed by atoms with E-state index in [1.807, 2.05) is 54.3 Å². The zero-order chi connectivity index (χ0) is 18.0. The van der Waals surface area contributed by atoms with Gasteiger partial charge in [-0.25, -0.2) is 0 Å². The van der Waals surface area contributed by atoms with Crippen LogP contribution in [0.25, 0.3) is 0 Å². The number of hydrogen-bond donors (Lipinski definition) is 0. The summed E-state index contributed by atoms with van der Waals surface area (Å²) in [5.74, 6) is 0.0872. The first-order valence-electron chi connectivity index (χ1n) is 9.27. The van der Waals surface area contributed by atoms with Crippen molar-refractivity contribution in [2.24, 2.45) is 5.16 Å². The summed E-state index contributed by atoms with van der Waals surface area (Å²) in [6, 6.07) is 18.1. The van der Waals surface area contributed by atoms with Gasteiger partial charge in [0.05, 0.1) is 12.3 Å². The van der Waals surface area contributed by atoms with Gasteiger partial charge in [-0.15, -0.1) is 0 Å². The lowest BCUT2D eigenvalue weighted by atomic mass is 9.86. The first-order chi connectivity index (χ1) is 12.6. The summed E-state index contributed by atoms with van der Waals surface area (Å²) in [6.45, 7) is 3.43. The Morgan fingerprint density at radius 3 is 2.69 bits per heavy atom. The highest BCUT2D eigenvalue weighted by atomic mass is 16.7. The summed E-state index contributed by atoms with van der Waals surface area (Å²) in [5.41, 5.74) is 3.88. The molecule has 2 heterocycles. The number of amides is 1. The fraction of sp³-hybridized carbons (Fsp3) is 0.364. The molecule has 0 radical (unpaired) electrons. The van der Waals surface area contributed by atoms with E-state index < -0.39 is 0 Å². The third kappa shape index (κ3) is 3.50. The van der Waals surface area contributed by atoms with Gasteiger partial charge in [0, 0.05) is 24.9 Å². The van der Waals surface area contributed by atoms with Crippen molar-refractivity contribution in [2.75, 3.05) is 13.1 Å². The third-order valence-corrected chi connectivity index (χ3v) is 5.27. The van der Waals surface area contributed by atoms with E-state index in [1.54, 1.807) is 0 Å². The third-order valence-electron chi connectivity index (χ3n) is 5.27. The van der Waals surface area contributed by atoms with E-state index >= 15 is 0 Å². The smallest absolute Gasteiger partial charge is 0.253 e. The molecule has 4 nitrogen and oxygen atoms in total. The SMILES string of the molecule is Cc1ccc(C(=O)N2CCCC3(CC(Cc4ccccc4)=NO3)C2)cc1. The molecule has 134 valence electrons. The van der Waals surface area contributed by atoms with E-state index in [-0.39, 0.29) is 11.5 Å². The maximum Gasteiger partial charge on any atom is 0.253 e. The maximum atomic E-state index is 12.9. The van der Waals surface area contributed by atoms with Crippen LogP contribution in [-0.4, -0.2) is 35.2 Å². The molecule has 0 aliphatic carbocycles. The van der Waals surface area contributed by atoms with Gasteiger partial charge in [-0.1, -0.05) is 53.2 Å². The second kappa shape index (κ2) is 6.94. The number of benzene rings is 2. The highest BCUT2D eigenvalue weighted by Gasteiger charge is 2.44. The number of piperidine rings is 1. The Hall–Kier alpha value is -2.62. The number of carbonyl (C=O) groups excluding carboxylic acids is 1. The molecule has 0 aromatic heterocycles. The lowest BCUT2D eigenvalue weighted by Crippen LogP contribution is -2.50. The van der Waals surface area contributed by atoms with Gasteiger partial charge in [-0.05, 0) is 37.5 Å². The average molecular weight is 348 g/mol. The Morgan fingerprint density at radius 1 is 1.15 bits per heavy atom. The van der Waals surface area contributed by atoms with E-state index in [4.69, 9.17) is 4.84 Å². The number of nitrogens with zero attached hydrogens (tertiary/aromatic N) is 2. The molecule has 1 atom stereocenters. The summed E-state index contributed by atoms with van der Waals surface area (Å²) in [6.07, 6.45) is 3.52. The van der Waals surface area contributed by atoms with Gasteiger partial charge in [-0.2, -0.15) is 0 Å². The standard InChI is InChI=1S/C22H24N2O2/c1-17-8-10-19(11-9-17)21(25)24-13-5-12-22(16-24)15-20(23-26-22)14-18-6-3-2-4-7-18/h2-4,6-11H,5,12-16H2,1H3. The minimum atomic E-state index is -0.345. The summed E-state index contributed by atoms with van der Waals surface area (Å²) < 4.78 is 0. The van der Waals surface area contributed by atoms with Gasteiger partial charge in [0.2, 0.25) is 0 Å². The number of carbonyl (C=O) groups is 1. The Bertz CT molecular complexity index is 814. The average Bonchev–Trinajstić information content (AvgIpc) is 3.04. The molecule has 2 aromatic carbocycles. The molecule has 0 N–H and O–H groups in total. The van der Waals surface area contributed by atoms with Gasteiger partial charge >= 0.3 is 0 Å². The van der Waals surface area contributed by atoms with E-state index in [2.05, 4.69) is 17.3 Å². The fourth-order valence-corrected chi connectivity index (χ4v) is 3.89. The van der Waals surface area contributed by atoms with Crippen LogP contribution in [0.2, 0.25) is 0 Å². The molecule has 26 heavy (non-hydrogen) atoms. The molecule has 2 aliphatic heterocycles. The van der Waals surface area contributed by atoms with E-state index in [0.29, 0.717) is 6.54 Å². The lowest BCUT2D eigenvalue weighted by Gasteiger charge is -2.38. The van der Waals surface area contributed by atoms with Crippen molar-refractivity contribution < 1.29 is 9.63 Å². The molecular formula is C22H24N2O2. The van der Waals surface area contributed by atoms with Crippen molar-refractivity contribution in [3.8, 4) is 0 Å². The Labute approximate surface area is 154 Å². The molecule has 1 spiro atoms. The Balaban J connectivity index is 1.42. The first-order valence-corrected chi connectivity index (χ1v) is 9.27. The Morgan fingerprint density at radius 2 is 1.92 bits per heavy atom. The fourth-order valence-electron chi connectivity index (χ4n) is 3.89. The lowest BCUT2D eigenvalue weighted by molar-refractivity contribution is -0.0618. The second-order valence-corrected chi connectivity index (χ2v) is 7.47. The van der Waals surface area contributed by atoms with Crippen LogP contribution in [0.15, 0.2) is 59.8 Å². The number of aryl methyl sites for hydroxylation is 1. The van der Waals surface area contributed by atoms with Crippen LogP contribution in [0.3, 0.4) is 0 Å². The molecular weight excluding hydrogens is 324 g/mol. The molecule has 2 aliphatic rings. The summed E-state index contributed by atoms with van der Waals surface area (Å²) in [4.78, 5) is 20.7. The van der Waals surface area contributed by atoms with Crippen molar-refractivity contribution in [2.45, 2.75) is 38.2 Å². The van der Waals surface area contributed by atoms with Crippen LogP contribution in [0.1, 0.15) is 40.7 Å². The van der Waals surface area contributed by atoms with Crippen molar-refractivity contribution in [3.05, 3.63) is 71.3 Å². The predicted octanol–water partition coefficient (Wildman–Crippen LogP) is 3.99. The maximum absolute atomic E-state index is 12.9. The molecule has 1 fully saturated rings. The van der Waals surface area contributed by atoms with Gasteiger partial charge in [0.15, 0.2) is 5.60 Å². The minimum Gasteiger partial charge on any atom is -0.387 e. The monoisotopic (exact) mass is 348 g/mol. The van der Waals surface area contributed by atoms with Crippen LogP contribution in [0.4, 0.5) is 0 Å². The number of rotatable bonds is 3. The molecule has 0 saturated carbocycles. The van der Waals surface area contributed by atoms with Gasteiger partial charge in [0.25, 0.3) is 5.91 Å². The minimum absolute atomic E-state index is 0.0872. The van der Waals surface area contributed by atoms with Crippen molar-refractivity contribution >= 4 is 11.6 Å². The zero-order valence-corrected chi connectivity index (χ0v) is 15.1. The Kier molecular flexibility index (Phi) is 4.49. The summed E-state index contributed by atoms with van der Waals surface area (Å²) in [5, 5.41) is 4.36. The van der Waals surface area contributed by atoms with E-state index in [0.717, 1.165) is 49.1 Å². The van der Waals surface area contributed by atoms with Crippen molar-refractivity contribution in [1.82, 2.24) is 4.90 Å². The molecule has 4 heteroatoms. The zero-order valence-electron chi connectivity index (χ0n) is 15.1. The quantitative estimate of drug-likeness (QED) is 0.842. The van der Waals surface area contributed by atoms with Crippen LogP contribution in [0.5, 0.6) is 0 Å². The van der Waals surface area contributed by atoms with E-state index in [9.17, 15) is 4.79 Å². The normalized spacial score (nSPS) is 22.2. The van der Waals surface area contributed by atoms with Crippen LogP contribution >= 0.6 is 0 Å². The molecule has 1 saturated heterocycles. The number of oxime groups is 1. The molecule has 0 bridgehead atoms. The molecule has 1 amide bonds. The van der Waals surface area contributed by atoms with E-state index in [1.165, 1.54) is 5.56 Å². The molecule has 2 aromatic rings. The van der Waals surface area contributed by atoms with Gasteiger partial charge < -0.3 is 9.74 Å². The van der Waals surface area contributed by atoms with Gasteiger partial charge in [0.1, 0.15) is 0 Å². The predicted molar refractivity (Wildman–Crippen MR) is 102 cm³/mol. The molecule has 1 unspecified atom stereocenters. The second-order valence-electron chi connectivity index (χ2n) is 7.47. The topological polar surface area (TPSA) is 41.9 Å².